The number of aromatic nitrogens is 4. The first-order valence-electron chi connectivity index (χ1n) is 7.56. The molecule has 3 aromatic heterocycles. The van der Waals surface area contributed by atoms with Gasteiger partial charge in [-0.25, -0.2) is 15.0 Å². The van der Waals surface area contributed by atoms with E-state index < -0.39 is 0 Å². The molecule has 0 atom stereocenters. The molecule has 0 radical (unpaired) electrons. The van der Waals surface area contributed by atoms with E-state index in [2.05, 4.69) is 14.5 Å². The number of rotatable bonds is 5. The van der Waals surface area contributed by atoms with E-state index in [0.29, 0.717) is 11.6 Å². The molecule has 3 heterocycles. The second-order valence-electron chi connectivity index (χ2n) is 5.49. The molecule has 0 spiro atoms. The van der Waals surface area contributed by atoms with Crippen molar-refractivity contribution < 1.29 is 5.11 Å². The van der Waals surface area contributed by atoms with E-state index in [1.54, 1.807) is 12.1 Å². The number of pyridine rings is 2. The second-order valence-corrected chi connectivity index (χ2v) is 5.49. The molecule has 23 heavy (non-hydrogen) atoms. The molecule has 3 aromatic rings. The van der Waals surface area contributed by atoms with Gasteiger partial charge in [-0.3, -0.25) is 0 Å². The highest BCUT2D eigenvalue weighted by atomic mass is 16.2. The Hall–Kier alpha value is -2.67. The van der Waals surface area contributed by atoms with Gasteiger partial charge in [0.25, 0.3) is 0 Å². The van der Waals surface area contributed by atoms with Gasteiger partial charge in [0.05, 0.1) is 5.69 Å². The van der Waals surface area contributed by atoms with Crippen LogP contribution in [0.1, 0.15) is 18.7 Å². The first kappa shape index (κ1) is 15.2. The van der Waals surface area contributed by atoms with Crippen LogP contribution in [0.5, 0.6) is 0 Å². The van der Waals surface area contributed by atoms with Crippen LogP contribution in [0, 0.1) is 6.92 Å². The number of aliphatic hydroxyl groups excluding tert-OH is 1. The van der Waals surface area contributed by atoms with Crippen molar-refractivity contribution in [2.45, 2.75) is 26.3 Å². The van der Waals surface area contributed by atoms with Crippen LogP contribution in [0.15, 0.2) is 24.3 Å². The number of nitrogens with two attached hydrogens (primary N) is 2. The van der Waals surface area contributed by atoms with Crippen molar-refractivity contribution in [2.24, 2.45) is 0 Å². The highest BCUT2D eigenvalue weighted by molar-refractivity contribution is 5.77. The van der Waals surface area contributed by atoms with E-state index in [1.165, 1.54) is 0 Å². The third-order valence-corrected chi connectivity index (χ3v) is 3.73. The zero-order chi connectivity index (χ0) is 16.4. The Balaban J connectivity index is 2.04. The number of anilines is 2. The SMILES string of the molecule is Cc1nc2ccc(-c3cc(N)nc(N)c3)nc2n1CCCCO. The number of fused-ring (bicyclic) bond motifs is 1. The fraction of sp³-hybridized carbons (Fsp3) is 0.312. The first-order chi connectivity index (χ1) is 11.1. The van der Waals surface area contributed by atoms with Crippen molar-refractivity contribution >= 4 is 22.8 Å². The molecule has 120 valence electrons. The predicted molar refractivity (Wildman–Crippen MR) is 90.6 cm³/mol. The lowest BCUT2D eigenvalue weighted by molar-refractivity contribution is 0.281. The second kappa shape index (κ2) is 6.21. The molecule has 0 aliphatic heterocycles. The Labute approximate surface area is 134 Å². The largest absolute Gasteiger partial charge is 0.396 e. The van der Waals surface area contributed by atoms with Gasteiger partial charge in [0.15, 0.2) is 5.65 Å². The summed E-state index contributed by atoms with van der Waals surface area (Å²) in [4.78, 5) is 13.2. The highest BCUT2D eigenvalue weighted by Crippen LogP contribution is 2.24. The van der Waals surface area contributed by atoms with Crippen LogP contribution in [0.3, 0.4) is 0 Å². The molecule has 0 aromatic carbocycles. The summed E-state index contributed by atoms with van der Waals surface area (Å²) in [5.41, 5.74) is 14.8. The lowest BCUT2D eigenvalue weighted by atomic mass is 10.1. The summed E-state index contributed by atoms with van der Waals surface area (Å²) in [7, 11) is 0. The van der Waals surface area contributed by atoms with Crippen LogP contribution in [0.25, 0.3) is 22.4 Å². The van der Waals surface area contributed by atoms with E-state index in [1.807, 2.05) is 19.1 Å². The normalized spacial score (nSPS) is 11.2. The van der Waals surface area contributed by atoms with Crippen molar-refractivity contribution in [2.75, 3.05) is 18.1 Å². The molecule has 7 nitrogen and oxygen atoms in total. The van der Waals surface area contributed by atoms with Crippen LogP contribution in [0.2, 0.25) is 0 Å². The molecule has 0 amide bonds. The van der Waals surface area contributed by atoms with Crippen molar-refractivity contribution in [3.8, 4) is 11.3 Å². The van der Waals surface area contributed by atoms with Crippen molar-refractivity contribution in [1.82, 2.24) is 19.5 Å². The Kier molecular flexibility index (Phi) is 4.12. The molecule has 0 bridgehead atoms. The predicted octanol–water partition coefficient (Wildman–Crippen LogP) is 1.74. The number of hydrogen-bond acceptors (Lipinski definition) is 6. The van der Waals surface area contributed by atoms with Gasteiger partial charge in [-0.1, -0.05) is 0 Å². The summed E-state index contributed by atoms with van der Waals surface area (Å²) in [5.74, 6) is 1.65. The Bertz CT molecular complexity index is 822. The molecular weight excluding hydrogens is 292 g/mol. The van der Waals surface area contributed by atoms with E-state index in [9.17, 15) is 0 Å². The summed E-state index contributed by atoms with van der Waals surface area (Å²) in [6.45, 7) is 2.93. The van der Waals surface area contributed by atoms with Crippen LogP contribution in [0.4, 0.5) is 11.6 Å². The van der Waals surface area contributed by atoms with Gasteiger partial charge in [-0.15, -0.1) is 0 Å². The minimum Gasteiger partial charge on any atom is -0.396 e. The van der Waals surface area contributed by atoms with Gasteiger partial charge in [-0.05, 0) is 44.0 Å². The van der Waals surface area contributed by atoms with Crippen LogP contribution < -0.4 is 11.5 Å². The maximum atomic E-state index is 8.95. The number of aryl methyl sites for hydroxylation is 2. The number of imidazole rings is 1. The van der Waals surface area contributed by atoms with Gasteiger partial charge in [0, 0.05) is 18.7 Å². The van der Waals surface area contributed by atoms with Crippen molar-refractivity contribution in [3.05, 3.63) is 30.1 Å². The molecule has 5 N–H and O–H groups in total. The van der Waals surface area contributed by atoms with Crippen molar-refractivity contribution in [3.63, 3.8) is 0 Å². The van der Waals surface area contributed by atoms with Crippen LogP contribution in [-0.4, -0.2) is 31.2 Å². The van der Waals surface area contributed by atoms with Crippen LogP contribution in [-0.2, 0) is 6.54 Å². The zero-order valence-corrected chi connectivity index (χ0v) is 13.0. The van der Waals surface area contributed by atoms with Gasteiger partial charge in [-0.2, -0.15) is 0 Å². The quantitative estimate of drug-likeness (QED) is 0.618. The molecule has 3 rings (SSSR count). The monoisotopic (exact) mass is 312 g/mol. The third kappa shape index (κ3) is 3.09. The topological polar surface area (TPSA) is 116 Å². The molecule has 0 aliphatic rings. The number of nitrogen functional groups attached to an aromatic ring is 2. The number of hydrogen-bond donors (Lipinski definition) is 3. The Morgan fingerprint density at radius 2 is 1.78 bits per heavy atom. The summed E-state index contributed by atoms with van der Waals surface area (Å²) in [5, 5.41) is 8.95. The standard InChI is InChI=1S/C16H20N6O/c1-10-19-13-5-4-12(11-8-14(17)21-15(18)9-11)20-16(13)22(10)6-2-3-7-23/h4-5,8-9,23H,2-3,6-7H2,1H3,(H4,17,18,21). The lowest BCUT2D eigenvalue weighted by Gasteiger charge is -2.07. The van der Waals surface area contributed by atoms with Gasteiger partial charge in [0.1, 0.15) is 23.0 Å². The molecule has 0 saturated heterocycles. The summed E-state index contributed by atoms with van der Waals surface area (Å²) < 4.78 is 2.07. The number of unbranched alkanes of at least 4 members (excludes halogenated alkanes) is 1. The number of aliphatic hydroxyl groups is 1. The average Bonchev–Trinajstić information content (AvgIpc) is 2.82. The average molecular weight is 312 g/mol. The minimum atomic E-state index is 0.194. The molecule has 0 saturated carbocycles. The highest BCUT2D eigenvalue weighted by Gasteiger charge is 2.11. The molecule has 0 unspecified atom stereocenters. The fourth-order valence-electron chi connectivity index (χ4n) is 2.65. The number of nitrogens with zero attached hydrogens (tertiary/aromatic N) is 4. The molecule has 0 aliphatic carbocycles. The van der Waals surface area contributed by atoms with Crippen LogP contribution >= 0.6 is 0 Å². The molecular formula is C16H20N6O. The van der Waals surface area contributed by atoms with Crippen molar-refractivity contribution in [1.29, 1.82) is 0 Å². The summed E-state index contributed by atoms with van der Waals surface area (Å²) >= 11 is 0. The van der Waals surface area contributed by atoms with E-state index in [0.717, 1.165) is 47.6 Å². The zero-order valence-electron chi connectivity index (χ0n) is 13.0. The first-order valence-corrected chi connectivity index (χ1v) is 7.56. The van der Waals surface area contributed by atoms with E-state index in [4.69, 9.17) is 21.6 Å². The van der Waals surface area contributed by atoms with E-state index in [-0.39, 0.29) is 6.61 Å². The third-order valence-electron chi connectivity index (χ3n) is 3.73. The van der Waals surface area contributed by atoms with E-state index >= 15 is 0 Å². The summed E-state index contributed by atoms with van der Waals surface area (Å²) in [6, 6.07) is 7.36. The Morgan fingerprint density at radius 3 is 2.48 bits per heavy atom. The molecule has 0 fully saturated rings. The lowest BCUT2D eigenvalue weighted by Crippen LogP contribution is -2.03. The molecule has 7 heteroatoms. The summed E-state index contributed by atoms with van der Waals surface area (Å²) in [6.07, 6.45) is 1.64. The van der Waals surface area contributed by atoms with Gasteiger partial charge >= 0.3 is 0 Å². The maximum absolute atomic E-state index is 8.95. The minimum absolute atomic E-state index is 0.194. The van der Waals surface area contributed by atoms with Gasteiger partial charge < -0.3 is 21.1 Å². The Morgan fingerprint density at radius 1 is 1.04 bits per heavy atom. The fourth-order valence-corrected chi connectivity index (χ4v) is 2.65. The van der Waals surface area contributed by atoms with Gasteiger partial charge in [0.2, 0.25) is 0 Å². The maximum Gasteiger partial charge on any atom is 0.160 e. The smallest absolute Gasteiger partial charge is 0.160 e.